The van der Waals surface area contributed by atoms with Crippen molar-refractivity contribution in [1.29, 1.82) is 0 Å². The quantitative estimate of drug-likeness (QED) is 0.362. The van der Waals surface area contributed by atoms with Crippen LogP contribution in [-0.4, -0.2) is 53.2 Å². The number of anilines is 1. The summed E-state index contributed by atoms with van der Waals surface area (Å²) in [6.45, 7) is 7.74. The average Bonchev–Trinajstić information content (AvgIpc) is 3.46. The second-order valence-corrected chi connectivity index (χ2v) is 11.8. The number of aromatic nitrogens is 1. The molecular formula is C30H33BrN4O3. The fourth-order valence-electron chi connectivity index (χ4n) is 5.63. The molecule has 2 aliphatic rings. The van der Waals surface area contributed by atoms with Crippen LogP contribution >= 0.6 is 15.9 Å². The molecule has 1 aliphatic heterocycles. The molecule has 2 aromatic carbocycles. The topological polar surface area (TPSA) is 83.6 Å². The van der Waals surface area contributed by atoms with Crippen molar-refractivity contribution in [3.8, 4) is 11.1 Å². The van der Waals surface area contributed by atoms with Gasteiger partial charge in [-0.1, -0.05) is 54.6 Å². The molecule has 2 atom stereocenters. The van der Waals surface area contributed by atoms with Crippen molar-refractivity contribution in [2.75, 3.05) is 25.0 Å². The van der Waals surface area contributed by atoms with Crippen LogP contribution in [0.3, 0.4) is 0 Å². The zero-order valence-corrected chi connectivity index (χ0v) is 23.5. The Morgan fingerprint density at radius 2 is 1.66 bits per heavy atom. The van der Waals surface area contributed by atoms with Gasteiger partial charge in [-0.15, -0.1) is 0 Å². The minimum absolute atomic E-state index is 0.0238. The van der Waals surface area contributed by atoms with Crippen molar-refractivity contribution in [3.63, 3.8) is 0 Å². The highest BCUT2D eigenvalue weighted by atomic mass is 79.9. The fourth-order valence-corrected chi connectivity index (χ4v) is 5.97. The number of pyridine rings is 1. The number of hydrogen-bond donors (Lipinski definition) is 2. The van der Waals surface area contributed by atoms with Crippen LogP contribution in [0.5, 0.6) is 0 Å². The van der Waals surface area contributed by atoms with E-state index in [9.17, 15) is 9.59 Å². The highest BCUT2D eigenvalue weighted by Gasteiger charge is 2.42. The molecular weight excluding hydrogens is 544 g/mol. The maximum atomic E-state index is 13.2. The van der Waals surface area contributed by atoms with E-state index in [1.54, 1.807) is 6.07 Å². The molecule has 1 aliphatic carbocycles. The number of benzene rings is 2. The molecule has 0 radical (unpaired) electrons. The standard InChI is InChI=1S/C30H33BrN4O3/c1-30(2,3)35-17-19(15-25(35)28(36)34-27-14-8-13-26(31)33-27)16-32-29(37)38-18-24-22-11-6-4-9-20(22)21-10-5-7-12-23(21)24/h4-14,19,24-25H,15-18H2,1-3H3,(H,32,37)(H,33,34,36)/t19-,25-/m0/s1. The average molecular weight is 578 g/mol. The van der Waals surface area contributed by atoms with Crippen LogP contribution in [-0.2, 0) is 9.53 Å². The highest BCUT2D eigenvalue weighted by Crippen LogP contribution is 2.44. The van der Waals surface area contributed by atoms with Crippen molar-refractivity contribution >= 4 is 33.7 Å². The smallest absolute Gasteiger partial charge is 0.407 e. The molecule has 38 heavy (non-hydrogen) atoms. The molecule has 198 valence electrons. The fraction of sp³-hybridized carbons (Fsp3) is 0.367. The normalized spacial score (nSPS) is 19.1. The minimum Gasteiger partial charge on any atom is -0.449 e. The van der Waals surface area contributed by atoms with Gasteiger partial charge >= 0.3 is 6.09 Å². The number of carbonyl (C=O) groups excluding carboxylic acids is 2. The molecule has 3 aromatic rings. The molecule has 0 spiro atoms. The van der Waals surface area contributed by atoms with Gasteiger partial charge in [0.05, 0.1) is 6.04 Å². The van der Waals surface area contributed by atoms with Gasteiger partial charge in [-0.3, -0.25) is 9.69 Å². The molecule has 8 heteroatoms. The van der Waals surface area contributed by atoms with Crippen molar-refractivity contribution in [1.82, 2.24) is 15.2 Å². The molecule has 0 saturated carbocycles. The first kappa shape index (κ1) is 26.4. The largest absolute Gasteiger partial charge is 0.449 e. The molecule has 1 aromatic heterocycles. The Morgan fingerprint density at radius 3 is 2.29 bits per heavy atom. The number of likely N-dealkylation sites (tertiary alicyclic amines) is 1. The Labute approximate surface area is 232 Å². The minimum atomic E-state index is -0.430. The molecule has 0 bridgehead atoms. The first-order chi connectivity index (χ1) is 18.2. The maximum absolute atomic E-state index is 13.2. The lowest BCUT2D eigenvalue weighted by Gasteiger charge is -2.36. The van der Waals surface area contributed by atoms with E-state index in [1.807, 2.05) is 36.4 Å². The van der Waals surface area contributed by atoms with Crippen LogP contribution in [0.1, 0.15) is 44.2 Å². The van der Waals surface area contributed by atoms with E-state index in [2.05, 4.69) is 81.5 Å². The third-order valence-electron chi connectivity index (χ3n) is 7.40. The summed E-state index contributed by atoms with van der Waals surface area (Å²) in [4.78, 5) is 32.4. The Kier molecular flexibility index (Phi) is 7.54. The van der Waals surface area contributed by atoms with Crippen LogP contribution in [0.15, 0.2) is 71.3 Å². The lowest BCUT2D eigenvalue weighted by atomic mass is 9.98. The van der Waals surface area contributed by atoms with Crippen LogP contribution in [0.25, 0.3) is 11.1 Å². The number of halogens is 1. The number of nitrogens with zero attached hydrogens (tertiary/aromatic N) is 2. The number of hydrogen-bond acceptors (Lipinski definition) is 5. The van der Waals surface area contributed by atoms with Crippen molar-refractivity contribution in [3.05, 3.63) is 82.5 Å². The summed E-state index contributed by atoms with van der Waals surface area (Å²) in [5.41, 5.74) is 4.57. The number of ether oxygens (including phenoxy) is 1. The monoisotopic (exact) mass is 576 g/mol. The number of alkyl carbamates (subject to hydrolysis) is 1. The molecule has 5 rings (SSSR count). The number of amides is 2. The van der Waals surface area contributed by atoms with Gasteiger partial charge in [0.1, 0.15) is 17.0 Å². The van der Waals surface area contributed by atoms with Crippen LogP contribution in [0.2, 0.25) is 0 Å². The van der Waals surface area contributed by atoms with Gasteiger partial charge in [-0.2, -0.15) is 0 Å². The van der Waals surface area contributed by atoms with Gasteiger partial charge in [-0.25, -0.2) is 9.78 Å². The van der Waals surface area contributed by atoms with E-state index in [0.29, 0.717) is 29.9 Å². The summed E-state index contributed by atoms with van der Waals surface area (Å²) in [5, 5.41) is 5.89. The van der Waals surface area contributed by atoms with Gasteiger partial charge in [0, 0.05) is 24.5 Å². The third kappa shape index (κ3) is 5.61. The molecule has 2 amide bonds. The second kappa shape index (κ2) is 10.9. The predicted molar refractivity (Wildman–Crippen MR) is 152 cm³/mol. The first-order valence-electron chi connectivity index (χ1n) is 13.0. The molecule has 0 unspecified atom stereocenters. The third-order valence-corrected chi connectivity index (χ3v) is 7.84. The number of nitrogens with one attached hydrogen (secondary N) is 2. The van der Waals surface area contributed by atoms with E-state index in [0.717, 1.165) is 0 Å². The predicted octanol–water partition coefficient (Wildman–Crippen LogP) is 5.81. The van der Waals surface area contributed by atoms with E-state index in [1.165, 1.54) is 22.3 Å². The zero-order valence-electron chi connectivity index (χ0n) is 21.9. The van der Waals surface area contributed by atoms with Crippen molar-refractivity contribution < 1.29 is 14.3 Å². The molecule has 1 saturated heterocycles. The summed E-state index contributed by atoms with van der Waals surface area (Å²) >= 11 is 3.35. The van der Waals surface area contributed by atoms with Crippen LogP contribution in [0, 0.1) is 5.92 Å². The van der Waals surface area contributed by atoms with Gasteiger partial charge in [0.15, 0.2) is 0 Å². The summed E-state index contributed by atoms with van der Waals surface area (Å²) in [6, 6.07) is 21.7. The molecule has 7 nitrogen and oxygen atoms in total. The Morgan fingerprint density at radius 1 is 1.00 bits per heavy atom. The second-order valence-electron chi connectivity index (χ2n) is 11.0. The number of rotatable bonds is 6. The summed E-state index contributed by atoms with van der Waals surface area (Å²) < 4.78 is 6.37. The Bertz CT molecular complexity index is 1290. The lowest BCUT2D eigenvalue weighted by Crippen LogP contribution is -2.49. The summed E-state index contributed by atoms with van der Waals surface area (Å²) in [7, 11) is 0. The van der Waals surface area contributed by atoms with Gasteiger partial charge in [0.2, 0.25) is 5.91 Å². The van der Waals surface area contributed by atoms with Gasteiger partial charge < -0.3 is 15.4 Å². The van der Waals surface area contributed by atoms with E-state index in [-0.39, 0.29) is 35.9 Å². The van der Waals surface area contributed by atoms with Crippen LogP contribution in [0.4, 0.5) is 10.6 Å². The SMILES string of the molecule is CC(C)(C)N1C[C@H](CNC(=O)OCC2c3ccccc3-c3ccccc32)C[C@H]1C(=O)Nc1cccc(Br)n1. The number of fused-ring (bicyclic) bond motifs is 3. The molecule has 1 fully saturated rings. The van der Waals surface area contributed by atoms with Crippen molar-refractivity contribution in [2.45, 2.75) is 44.7 Å². The zero-order chi connectivity index (χ0) is 26.9. The highest BCUT2D eigenvalue weighted by molar-refractivity contribution is 9.10. The summed E-state index contributed by atoms with van der Waals surface area (Å²) in [5.74, 6) is 0.573. The number of carbonyl (C=O) groups is 2. The van der Waals surface area contributed by atoms with Crippen LogP contribution < -0.4 is 10.6 Å². The van der Waals surface area contributed by atoms with Crippen molar-refractivity contribution in [2.24, 2.45) is 5.92 Å². The van der Waals surface area contributed by atoms with E-state index >= 15 is 0 Å². The Balaban J connectivity index is 1.18. The van der Waals surface area contributed by atoms with E-state index < -0.39 is 6.09 Å². The van der Waals surface area contributed by atoms with Gasteiger partial charge in [0.25, 0.3) is 0 Å². The Hall–Kier alpha value is -3.23. The molecule has 2 N–H and O–H groups in total. The molecule has 2 heterocycles. The maximum Gasteiger partial charge on any atom is 0.407 e. The van der Waals surface area contributed by atoms with Gasteiger partial charge in [-0.05, 0) is 83.4 Å². The lowest BCUT2D eigenvalue weighted by molar-refractivity contribution is -0.122. The van der Waals surface area contributed by atoms with E-state index in [4.69, 9.17) is 4.74 Å². The first-order valence-corrected chi connectivity index (χ1v) is 13.8. The summed E-state index contributed by atoms with van der Waals surface area (Å²) in [6.07, 6.45) is 0.209.